The number of morpholine rings is 1. The van der Waals surface area contributed by atoms with Crippen molar-refractivity contribution in [1.29, 1.82) is 0 Å². The molecule has 2 aromatic carbocycles. The molecule has 2 aromatic rings. The predicted octanol–water partition coefficient (Wildman–Crippen LogP) is 5.72. The Bertz CT molecular complexity index is 827. The molecule has 0 amide bonds. The van der Waals surface area contributed by atoms with Gasteiger partial charge in [0.1, 0.15) is 6.04 Å². The van der Waals surface area contributed by atoms with E-state index in [1.807, 2.05) is 41.3 Å². The molecule has 2 aliphatic heterocycles. The molecule has 1 fully saturated rings. The van der Waals surface area contributed by atoms with Crippen molar-refractivity contribution in [2.45, 2.75) is 12.2 Å². The fourth-order valence-electron chi connectivity index (χ4n) is 3.51. The zero-order valence-electron chi connectivity index (χ0n) is 14.7. The Balaban J connectivity index is 1.62. The molecular formula is C19H17Br2F3N2O2. The number of rotatable bonds is 3. The van der Waals surface area contributed by atoms with E-state index in [4.69, 9.17) is 9.47 Å². The number of alkyl halides is 3. The summed E-state index contributed by atoms with van der Waals surface area (Å²) in [6.07, 6.45) is -4.31. The van der Waals surface area contributed by atoms with Gasteiger partial charge in [-0.2, -0.15) is 13.2 Å². The van der Waals surface area contributed by atoms with Crippen LogP contribution in [0.3, 0.4) is 0 Å². The van der Waals surface area contributed by atoms with Crippen LogP contribution >= 0.6 is 31.9 Å². The van der Waals surface area contributed by atoms with Crippen molar-refractivity contribution in [2.75, 3.05) is 37.7 Å². The Hall–Kier alpha value is -1.29. The molecule has 0 radical (unpaired) electrons. The molecule has 0 N–H and O–H groups in total. The van der Waals surface area contributed by atoms with Crippen LogP contribution in [0, 0.1) is 0 Å². The summed E-state index contributed by atoms with van der Waals surface area (Å²) in [6, 6.07) is 9.75. The van der Waals surface area contributed by atoms with E-state index >= 15 is 0 Å². The Kier molecular flexibility index (Phi) is 5.61. The maximum atomic E-state index is 13.4. The average Bonchev–Trinajstić information content (AvgIpc) is 2.64. The van der Waals surface area contributed by atoms with E-state index in [1.54, 1.807) is 0 Å². The molecule has 2 heterocycles. The van der Waals surface area contributed by atoms with E-state index in [-0.39, 0.29) is 19.7 Å². The largest absolute Gasteiger partial charge is 0.453 e. The molecule has 2 aliphatic rings. The van der Waals surface area contributed by atoms with Gasteiger partial charge in [-0.05, 0) is 36.4 Å². The average molecular weight is 522 g/mol. The van der Waals surface area contributed by atoms with Gasteiger partial charge < -0.3 is 14.4 Å². The van der Waals surface area contributed by atoms with Crippen LogP contribution in [0.15, 0.2) is 45.3 Å². The number of ether oxygens (including phenoxy) is 2. The first kappa shape index (κ1) is 20.0. The molecule has 0 bridgehead atoms. The van der Waals surface area contributed by atoms with Crippen LogP contribution in [-0.2, 0) is 4.74 Å². The maximum absolute atomic E-state index is 13.4. The lowest BCUT2D eigenvalue weighted by atomic mass is 10.1. The number of nitrogens with zero attached hydrogens (tertiary/aromatic N) is 2. The van der Waals surface area contributed by atoms with Gasteiger partial charge in [0.25, 0.3) is 0 Å². The minimum atomic E-state index is -4.31. The van der Waals surface area contributed by atoms with Crippen molar-refractivity contribution >= 4 is 43.2 Å². The van der Waals surface area contributed by atoms with Gasteiger partial charge in [0.2, 0.25) is 0 Å². The molecule has 28 heavy (non-hydrogen) atoms. The van der Waals surface area contributed by atoms with Gasteiger partial charge in [0.15, 0.2) is 11.5 Å². The molecule has 1 atom stereocenters. The van der Waals surface area contributed by atoms with Gasteiger partial charge in [-0.25, -0.2) is 0 Å². The van der Waals surface area contributed by atoms with Gasteiger partial charge in [-0.15, -0.1) is 0 Å². The van der Waals surface area contributed by atoms with E-state index in [2.05, 4.69) is 31.9 Å². The Morgan fingerprint density at radius 2 is 1.57 bits per heavy atom. The summed E-state index contributed by atoms with van der Waals surface area (Å²) < 4.78 is 52.9. The second-order valence-electron chi connectivity index (χ2n) is 6.65. The van der Waals surface area contributed by atoms with Crippen LogP contribution in [0.25, 0.3) is 0 Å². The molecule has 1 saturated heterocycles. The lowest BCUT2D eigenvalue weighted by Crippen LogP contribution is -2.54. The van der Waals surface area contributed by atoms with Gasteiger partial charge >= 0.3 is 6.18 Å². The molecule has 0 aliphatic carbocycles. The third-order valence-electron chi connectivity index (χ3n) is 4.87. The van der Waals surface area contributed by atoms with Gasteiger partial charge in [0, 0.05) is 28.6 Å². The minimum absolute atomic E-state index is 0.259. The lowest BCUT2D eigenvalue weighted by Gasteiger charge is -2.39. The van der Waals surface area contributed by atoms with Gasteiger partial charge in [0.05, 0.1) is 24.6 Å². The third-order valence-corrected chi connectivity index (χ3v) is 5.86. The Morgan fingerprint density at radius 1 is 0.964 bits per heavy atom. The maximum Gasteiger partial charge on any atom is 0.406 e. The summed E-state index contributed by atoms with van der Waals surface area (Å²) in [7, 11) is 0. The Morgan fingerprint density at radius 3 is 2.14 bits per heavy atom. The summed E-state index contributed by atoms with van der Waals surface area (Å²) >= 11 is 6.88. The highest BCUT2D eigenvalue weighted by molar-refractivity contribution is 9.10. The van der Waals surface area contributed by atoms with Crippen molar-refractivity contribution in [1.82, 2.24) is 4.90 Å². The minimum Gasteiger partial charge on any atom is -0.453 e. The molecule has 0 aromatic heterocycles. The molecule has 150 valence electrons. The first-order valence-electron chi connectivity index (χ1n) is 8.76. The van der Waals surface area contributed by atoms with Gasteiger partial charge in [-0.3, -0.25) is 4.90 Å². The highest BCUT2D eigenvalue weighted by Crippen LogP contribution is 2.48. The third kappa shape index (κ3) is 4.03. The van der Waals surface area contributed by atoms with Crippen molar-refractivity contribution in [3.8, 4) is 11.5 Å². The van der Waals surface area contributed by atoms with Crippen molar-refractivity contribution in [2.24, 2.45) is 0 Å². The number of halogens is 5. The summed E-state index contributed by atoms with van der Waals surface area (Å²) in [5.74, 6) is 1.32. The van der Waals surface area contributed by atoms with E-state index < -0.39 is 12.2 Å². The number of hydrogen-bond donors (Lipinski definition) is 0. The Labute approximate surface area is 177 Å². The molecule has 4 nitrogen and oxygen atoms in total. The SMILES string of the molecule is FC(F)(F)C1COCCN1CCN1c2ccc(Br)cc2Oc2cc(Br)ccc21. The normalized spacial score (nSPS) is 19.8. The molecule has 0 spiro atoms. The van der Waals surface area contributed by atoms with E-state index in [1.165, 1.54) is 4.90 Å². The smallest absolute Gasteiger partial charge is 0.406 e. The zero-order valence-corrected chi connectivity index (χ0v) is 17.8. The number of anilines is 2. The summed E-state index contributed by atoms with van der Waals surface area (Å²) in [4.78, 5) is 3.46. The van der Waals surface area contributed by atoms with E-state index in [0.717, 1.165) is 20.3 Å². The second kappa shape index (κ2) is 7.85. The van der Waals surface area contributed by atoms with E-state index in [0.29, 0.717) is 24.7 Å². The van der Waals surface area contributed by atoms with Crippen molar-refractivity contribution in [3.63, 3.8) is 0 Å². The number of hydrogen-bond acceptors (Lipinski definition) is 4. The summed E-state index contributed by atoms with van der Waals surface area (Å²) in [5, 5.41) is 0. The van der Waals surface area contributed by atoms with Crippen LogP contribution in [0.4, 0.5) is 24.5 Å². The molecular weight excluding hydrogens is 505 g/mol. The van der Waals surface area contributed by atoms with Crippen LogP contribution in [0.1, 0.15) is 0 Å². The summed E-state index contributed by atoms with van der Waals surface area (Å²) in [6.45, 7) is 0.912. The highest BCUT2D eigenvalue weighted by Gasteiger charge is 2.45. The van der Waals surface area contributed by atoms with Crippen molar-refractivity contribution < 1.29 is 22.6 Å². The molecule has 4 rings (SSSR count). The van der Waals surface area contributed by atoms with Crippen molar-refractivity contribution in [3.05, 3.63) is 45.3 Å². The summed E-state index contributed by atoms with van der Waals surface area (Å²) in [5.41, 5.74) is 1.66. The van der Waals surface area contributed by atoms with Crippen LogP contribution in [0.5, 0.6) is 11.5 Å². The molecule has 1 unspecified atom stereocenters. The topological polar surface area (TPSA) is 24.9 Å². The lowest BCUT2D eigenvalue weighted by molar-refractivity contribution is -0.211. The monoisotopic (exact) mass is 520 g/mol. The fourth-order valence-corrected chi connectivity index (χ4v) is 4.19. The zero-order chi connectivity index (χ0) is 19.9. The second-order valence-corrected chi connectivity index (χ2v) is 8.48. The quantitative estimate of drug-likeness (QED) is 0.516. The highest BCUT2D eigenvalue weighted by atomic mass is 79.9. The fraction of sp³-hybridized carbons (Fsp3) is 0.368. The predicted molar refractivity (Wildman–Crippen MR) is 108 cm³/mol. The van der Waals surface area contributed by atoms with Gasteiger partial charge in [-0.1, -0.05) is 31.9 Å². The standard InChI is InChI=1S/C19H17Br2F3N2O2/c20-12-1-3-14-16(9-12)28-17-10-13(21)2-4-15(17)26(14)6-5-25-7-8-27-11-18(25)19(22,23)24/h1-4,9-10,18H,5-8,11H2. The number of fused-ring (bicyclic) bond motifs is 2. The molecule has 9 heteroatoms. The van der Waals surface area contributed by atoms with Crippen LogP contribution < -0.4 is 9.64 Å². The first-order valence-corrected chi connectivity index (χ1v) is 10.3. The number of benzene rings is 2. The molecule has 0 saturated carbocycles. The first-order chi connectivity index (χ1) is 13.3. The van der Waals surface area contributed by atoms with E-state index in [9.17, 15) is 13.2 Å². The van der Waals surface area contributed by atoms with Crippen LogP contribution in [0.2, 0.25) is 0 Å². The van der Waals surface area contributed by atoms with Crippen LogP contribution in [-0.4, -0.2) is 50.0 Å².